The van der Waals surface area contributed by atoms with E-state index in [1.165, 1.54) is 4.90 Å². The van der Waals surface area contributed by atoms with E-state index in [1.807, 2.05) is 25.1 Å². The number of pyridine rings is 1. The first-order valence-corrected chi connectivity index (χ1v) is 6.96. The van der Waals surface area contributed by atoms with Crippen molar-refractivity contribution in [3.63, 3.8) is 0 Å². The number of carboxylic acids is 1. The molecule has 0 radical (unpaired) electrons. The molecular weight excluding hydrogens is 268 g/mol. The van der Waals surface area contributed by atoms with Crippen molar-refractivity contribution in [3.05, 3.63) is 42.2 Å². The highest BCUT2D eigenvalue weighted by atomic mass is 16.4. The van der Waals surface area contributed by atoms with Gasteiger partial charge in [0.15, 0.2) is 0 Å². The Morgan fingerprint density at radius 2 is 2.14 bits per heavy atom. The molecule has 0 saturated carbocycles. The van der Waals surface area contributed by atoms with E-state index in [0.717, 1.165) is 10.8 Å². The van der Waals surface area contributed by atoms with Crippen LogP contribution in [0.2, 0.25) is 0 Å². The highest BCUT2D eigenvalue weighted by Gasteiger charge is 2.40. The molecule has 1 N–H and O–H groups in total. The smallest absolute Gasteiger partial charge is 0.326 e. The Kier molecular flexibility index (Phi) is 3.33. The highest BCUT2D eigenvalue weighted by molar-refractivity contribution is 6.07. The first kappa shape index (κ1) is 13.5. The monoisotopic (exact) mass is 284 g/mol. The Hall–Kier alpha value is -2.43. The number of aromatic nitrogens is 1. The topological polar surface area (TPSA) is 70.5 Å². The first-order chi connectivity index (χ1) is 10.1. The number of hydrogen-bond donors (Lipinski definition) is 1. The zero-order chi connectivity index (χ0) is 15.0. The van der Waals surface area contributed by atoms with Crippen molar-refractivity contribution in [1.82, 2.24) is 9.88 Å². The van der Waals surface area contributed by atoms with Crippen molar-refractivity contribution < 1.29 is 14.7 Å². The van der Waals surface area contributed by atoms with E-state index in [2.05, 4.69) is 4.98 Å². The lowest BCUT2D eigenvalue weighted by Crippen LogP contribution is -2.42. The standard InChI is InChI=1S/C16H16N2O3/c1-10-6-8-18(14(10)16(20)21)15(19)12-4-2-3-11-5-7-17-9-13(11)12/h2-5,7,9-10,14H,6,8H2,1H3,(H,20,21). The van der Waals surface area contributed by atoms with Gasteiger partial charge in [-0.3, -0.25) is 9.78 Å². The number of carboxylic acid groups (broad SMARTS) is 1. The van der Waals surface area contributed by atoms with Gasteiger partial charge in [-0.15, -0.1) is 0 Å². The second kappa shape index (κ2) is 5.16. The van der Waals surface area contributed by atoms with Gasteiger partial charge in [0.05, 0.1) is 0 Å². The molecule has 1 aliphatic heterocycles. The van der Waals surface area contributed by atoms with E-state index in [1.54, 1.807) is 18.5 Å². The molecule has 1 aliphatic rings. The fourth-order valence-electron chi connectivity index (χ4n) is 3.01. The molecule has 5 heteroatoms. The van der Waals surface area contributed by atoms with Crippen molar-refractivity contribution in [3.8, 4) is 0 Å². The number of likely N-dealkylation sites (tertiary alicyclic amines) is 1. The van der Waals surface area contributed by atoms with Crippen LogP contribution >= 0.6 is 0 Å². The van der Waals surface area contributed by atoms with Crippen LogP contribution in [-0.4, -0.2) is 39.5 Å². The van der Waals surface area contributed by atoms with Gasteiger partial charge < -0.3 is 10.0 Å². The summed E-state index contributed by atoms with van der Waals surface area (Å²) in [4.78, 5) is 29.7. The molecule has 21 heavy (non-hydrogen) atoms. The maximum Gasteiger partial charge on any atom is 0.326 e. The quantitative estimate of drug-likeness (QED) is 0.917. The third-order valence-corrected chi connectivity index (χ3v) is 4.13. The second-order valence-electron chi connectivity index (χ2n) is 5.45. The van der Waals surface area contributed by atoms with Crippen molar-refractivity contribution in [2.24, 2.45) is 5.92 Å². The van der Waals surface area contributed by atoms with Crippen LogP contribution in [-0.2, 0) is 4.79 Å². The molecule has 3 rings (SSSR count). The number of fused-ring (bicyclic) bond motifs is 1. The Labute approximate surface area is 122 Å². The average molecular weight is 284 g/mol. The normalized spacial score (nSPS) is 21.7. The number of rotatable bonds is 2. The number of carbonyl (C=O) groups is 2. The summed E-state index contributed by atoms with van der Waals surface area (Å²) in [5, 5.41) is 11.0. The minimum absolute atomic E-state index is 0.0282. The summed E-state index contributed by atoms with van der Waals surface area (Å²) in [5.74, 6) is -1.20. The second-order valence-corrected chi connectivity index (χ2v) is 5.45. The van der Waals surface area contributed by atoms with Gasteiger partial charge in [-0.25, -0.2) is 4.79 Å². The number of carbonyl (C=O) groups excluding carboxylic acids is 1. The molecule has 2 atom stereocenters. The van der Waals surface area contributed by atoms with Crippen LogP contribution in [0.3, 0.4) is 0 Å². The fourth-order valence-corrected chi connectivity index (χ4v) is 3.01. The number of hydrogen-bond acceptors (Lipinski definition) is 3. The minimum atomic E-state index is -0.938. The van der Waals surface area contributed by atoms with E-state index in [-0.39, 0.29) is 11.8 Å². The Bertz CT molecular complexity index is 708. The summed E-state index contributed by atoms with van der Waals surface area (Å²) >= 11 is 0. The Balaban J connectivity index is 2.03. The molecule has 2 unspecified atom stereocenters. The van der Waals surface area contributed by atoms with Crippen LogP contribution < -0.4 is 0 Å². The maximum absolute atomic E-state index is 12.8. The minimum Gasteiger partial charge on any atom is -0.480 e. The molecular formula is C16H16N2O3. The zero-order valence-corrected chi connectivity index (χ0v) is 11.7. The summed E-state index contributed by atoms with van der Waals surface area (Å²) in [6.07, 6.45) is 4.04. The molecule has 0 spiro atoms. The van der Waals surface area contributed by atoms with Crippen LogP contribution in [0.4, 0.5) is 0 Å². The van der Waals surface area contributed by atoms with Gasteiger partial charge in [0.1, 0.15) is 6.04 Å². The van der Waals surface area contributed by atoms with Crippen molar-refractivity contribution >= 4 is 22.6 Å². The van der Waals surface area contributed by atoms with Crippen molar-refractivity contribution in [1.29, 1.82) is 0 Å². The van der Waals surface area contributed by atoms with Crippen LogP contribution in [0.25, 0.3) is 10.8 Å². The Morgan fingerprint density at radius 1 is 1.33 bits per heavy atom. The lowest BCUT2D eigenvalue weighted by molar-refractivity contribution is -0.142. The number of aliphatic carboxylic acids is 1. The molecule has 1 amide bonds. The van der Waals surface area contributed by atoms with Gasteiger partial charge in [0, 0.05) is 29.9 Å². The summed E-state index contributed by atoms with van der Waals surface area (Å²) < 4.78 is 0. The maximum atomic E-state index is 12.8. The predicted octanol–water partition coefficient (Wildman–Crippen LogP) is 2.17. The summed E-state index contributed by atoms with van der Waals surface area (Å²) in [6, 6.07) is 6.55. The molecule has 0 bridgehead atoms. The molecule has 2 aromatic rings. The number of benzene rings is 1. The molecule has 0 aliphatic carbocycles. The first-order valence-electron chi connectivity index (χ1n) is 6.96. The predicted molar refractivity (Wildman–Crippen MR) is 78.0 cm³/mol. The molecule has 1 fully saturated rings. The molecule has 1 aromatic heterocycles. The number of nitrogens with zero attached hydrogens (tertiary/aromatic N) is 2. The highest BCUT2D eigenvalue weighted by Crippen LogP contribution is 2.28. The van der Waals surface area contributed by atoms with E-state index in [0.29, 0.717) is 18.5 Å². The summed E-state index contributed by atoms with van der Waals surface area (Å²) in [6.45, 7) is 2.35. The third kappa shape index (κ3) is 2.24. The zero-order valence-electron chi connectivity index (χ0n) is 11.7. The van der Waals surface area contributed by atoms with Crippen molar-refractivity contribution in [2.75, 3.05) is 6.54 Å². The fraction of sp³-hybridized carbons (Fsp3) is 0.312. The molecule has 1 saturated heterocycles. The van der Waals surface area contributed by atoms with Crippen LogP contribution in [0.15, 0.2) is 36.7 Å². The molecule has 2 heterocycles. The van der Waals surface area contributed by atoms with Gasteiger partial charge >= 0.3 is 5.97 Å². The Morgan fingerprint density at radius 3 is 2.90 bits per heavy atom. The van der Waals surface area contributed by atoms with Crippen LogP contribution in [0.5, 0.6) is 0 Å². The SMILES string of the molecule is CC1CCN(C(=O)c2cccc3ccncc23)C1C(=O)O. The summed E-state index contributed by atoms with van der Waals surface area (Å²) in [7, 11) is 0. The van der Waals surface area contributed by atoms with E-state index in [4.69, 9.17) is 0 Å². The van der Waals surface area contributed by atoms with Crippen LogP contribution in [0.1, 0.15) is 23.7 Å². The average Bonchev–Trinajstić information content (AvgIpc) is 2.88. The molecule has 1 aromatic carbocycles. The molecule has 108 valence electrons. The number of amides is 1. The van der Waals surface area contributed by atoms with E-state index < -0.39 is 12.0 Å². The van der Waals surface area contributed by atoms with Gasteiger partial charge in [-0.2, -0.15) is 0 Å². The van der Waals surface area contributed by atoms with Gasteiger partial charge in [0.2, 0.25) is 0 Å². The lowest BCUT2D eigenvalue weighted by atomic mass is 10.0. The largest absolute Gasteiger partial charge is 0.480 e. The van der Waals surface area contributed by atoms with Crippen LogP contribution in [0, 0.1) is 5.92 Å². The summed E-state index contributed by atoms with van der Waals surface area (Å²) in [5.41, 5.74) is 0.515. The molecule has 5 nitrogen and oxygen atoms in total. The van der Waals surface area contributed by atoms with Gasteiger partial charge in [-0.05, 0) is 29.9 Å². The lowest BCUT2D eigenvalue weighted by Gasteiger charge is -2.24. The van der Waals surface area contributed by atoms with E-state index >= 15 is 0 Å². The van der Waals surface area contributed by atoms with Gasteiger partial charge in [-0.1, -0.05) is 19.1 Å². The van der Waals surface area contributed by atoms with Gasteiger partial charge in [0.25, 0.3) is 5.91 Å². The van der Waals surface area contributed by atoms with E-state index in [9.17, 15) is 14.7 Å². The van der Waals surface area contributed by atoms with Crippen molar-refractivity contribution in [2.45, 2.75) is 19.4 Å². The third-order valence-electron chi connectivity index (χ3n) is 4.13.